The Kier molecular flexibility index (Phi) is 9.28. The van der Waals surface area contributed by atoms with E-state index in [0.717, 1.165) is 38.3 Å². The van der Waals surface area contributed by atoms with Crippen LogP contribution < -0.4 is 10.0 Å². The van der Waals surface area contributed by atoms with Crippen molar-refractivity contribution in [1.82, 2.24) is 14.9 Å². The molecule has 0 aliphatic carbocycles. The minimum absolute atomic E-state index is 0.0767. The molecule has 1 unspecified atom stereocenters. The molecule has 0 aromatic heterocycles. The van der Waals surface area contributed by atoms with Crippen LogP contribution in [0.15, 0.2) is 17.0 Å². The second kappa shape index (κ2) is 11.2. The summed E-state index contributed by atoms with van der Waals surface area (Å²) in [6.45, 7) is 13.7. The molecule has 0 radical (unpaired) electrons. The third-order valence-corrected chi connectivity index (χ3v) is 7.12. The van der Waals surface area contributed by atoms with Gasteiger partial charge in [-0.1, -0.05) is 31.5 Å². The smallest absolute Gasteiger partial charge is 0.241 e. The zero-order valence-electron chi connectivity index (χ0n) is 19.0. The predicted octanol–water partition coefficient (Wildman–Crippen LogP) is 2.14. The van der Waals surface area contributed by atoms with Gasteiger partial charge in [0.25, 0.3) is 0 Å². The first kappa shape index (κ1) is 24.8. The summed E-state index contributed by atoms with van der Waals surface area (Å²) in [5, 5.41) is 2.99. The second-order valence-electron chi connectivity index (χ2n) is 8.61. The molecular weight excluding hydrogens is 402 g/mol. The summed E-state index contributed by atoms with van der Waals surface area (Å²) < 4.78 is 33.4. The summed E-state index contributed by atoms with van der Waals surface area (Å²) in [5.41, 5.74) is 2.46. The highest BCUT2D eigenvalue weighted by atomic mass is 32.2. The lowest BCUT2D eigenvalue weighted by Crippen LogP contribution is -2.49. The second-order valence-corrected chi connectivity index (χ2v) is 10.3. The molecule has 1 fully saturated rings. The molecule has 1 amide bonds. The van der Waals surface area contributed by atoms with Gasteiger partial charge in [0.2, 0.25) is 15.9 Å². The Bertz CT molecular complexity index is 795. The van der Waals surface area contributed by atoms with E-state index in [4.69, 9.17) is 4.74 Å². The first-order chi connectivity index (χ1) is 14.1. The number of carbonyl (C=O) groups is 1. The van der Waals surface area contributed by atoms with Crippen LogP contribution in [0.3, 0.4) is 0 Å². The van der Waals surface area contributed by atoms with Crippen LogP contribution in [-0.2, 0) is 19.6 Å². The maximum absolute atomic E-state index is 12.7. The predicted molar refractivity (Wildman–Crippen MR) is 119 cm³/mol. The highest BCUT2D eigenvalue weighted by molar-refractivity contribution is 7.89. The van der Waals surface area contributed by atoms with Crippen molar-refractivity contribution in [2.45, 2.75) is 58.4 Å². The molecule has 1 heterocycles. The van der Waals surface area contributed by atoms with Gasteiger partial charge in [-0.05, 0) is 44.2 Å². The van der Waals surface area contributed by atoms with Gasteiger partial charge >= 0.3 is 0 Å². The first-order valence-corrected chi connectivity index (χ1v) is 12.2. The number of rotatable bonds is 10. The average molecular weight is 440 g/mol. The SMILES string of the molecule is Cc1cc(C)c(S(=O)(=O)NCCC(=O)NCC(CC(C)C)N2CCOCC2)c(C)c1. The number of nitrogens with zero attached hydrogens (tertiary/aromatic N) is 1. The third-order valence-electron chi connectivity index (χ3n) is 5.36. The molecule has 2 rings (SSSR count). The number of aryl methyl sites for hydroxylation is 3. The molecule has 0 bridgehead atoms. The Hall–Kier alpha value is -1.48. The largest absolute Gasteiger partial charge is 0.379 e. The van der Waals surface area contributed by atoms with E-state index in [1.165, 1.54) is 0 Å². The van der Waals surface area contributed by atoms with E-state index >= 15 is 0 Å². The highest BCUT2D eigenvalue weighted by Gasteiger charge is 2.23. The van der Waals surface area contributed by atoms with E-state index in [0.29, 0.717) is 28.5 Å². The lowest BCUT2D eigenvalue weighted by Gasteiger charge is -2.35. The molecule has 1 saturated heterocycles. The molecule has 7 nitrogen and oxygen atoms in total. The Balaban J connectivity index is 1.86. The van der Waals surface area contributed by atoms with Gasteiger partial charge in [0.15, 0.2) is 0 Å². The van der Waals surface area contributed by atoms with Crippen LogP contribution in [0.1, 0.15) is 43.4 Å². The monoisotopic (exact) mass is 439 g/mol. The maximum Gasteiger partial charge on any atom is 0.241 e. The van der Waals surface area contributed by atoms with Gasteiger partial charge in [0.05, 0.1) is 18.1 Å². The van der Waals surface area contributed by atoms with Gasteiger partial charge in [-0.25, -0.2) is 13.1 Å². The minimum atomic E-state index is -3.65. The van der Waals surface area contributed by atoms with Crippen LogP contribution in [-0.4, -0.2) is 64.7 Å². The van der Waals surface area contributed by atoms with Gasteiger partial charge in [0, 0.05) is 38.6 Å². The summed E-state index contributed by atoms with van der Waals surface area (Å²) >= 11 is 0. The Labute approximate surface area is 181 Å². The van der Waals surface area contributed by atoms with Crippen molar-refractivity contribution in [2.24, 2.45) is 5.92 Å². The molecule has 1 aromatic carbocycles. The summed E-state index contributed by atoms with van der Waals surface area (Å²) in [5.74, 6) is 0.389. The minimum Gasteiger partial charge on any atom is -0.379 e. The summed E-state index contributed by atoms with van der Waals surface area (Å²) in [4.78, 5) is 15.0. The van der Waals surface area contributed by atoms with Gasteiger partial charge in [-0.3, -0.25) is 9.69 Å². The quantitative estimate of drug-likeness (QED) is 0.583. The van der Waals surface area contributed by atoms with Crippen molar-refractivity contribution in [1.29, 1.82) is 0 Å². The van der Waals surface area contributed by atoms with Gasteiger partial charge in [0.1, 0.15) is 0 Å². The van der Waals surface area contributed by atoms with Crippen molar-refractivity contribution >= 4 is 15.9 Å². The van der Waals surface area contributed by atoms with Crippen LogP contribution in [0.4, 0.5) is 0 Å². The van der Waals surface area contributed by atoms with Crippen LogP contribution in [0, 0.1) is 26.7 Å². The number of ether oxygens (including phenoxy) is 1. The molecule has 1 aromatic rings. The normalized spacial score (nSPS) is 16.6. The average Bonchev–Trinajstić information content (AvgIpc) is 2.64. The highest BCUT2D eigenvalue weighted by Crippen LogP contribution is 2.21. The number of sulfonamides is 1. The van der Waals surface area contributed by atoms with Crippen molar-refractivity contribution < 1.29 is 17.9 Å². The lowest BCUT2D eigenvalue weighted by molar-refractivity contribution is -0.121. The number of amides is 1. The Morgan fingerprint density at radius 2 is 1.73 bits per heavy atom. The number of morpholine rings is 1. The van der Waals surface area contributed by atoms with Crippen molar-refractivity contribution in [3.05, 3.63) is 28.8 Å². The number of benzene rings is 1. The fourth-order valence-electron chi connectivity index (χ4n) is 4.13. The molecule has 8 heteroatoms. The van der Waals surface area contributed by atoms with Crippen molar-refractivity contribution in [3.8, 4) is 0 Å². The molecule has 170 valence electrons. The fraction of sp³-hybridized carbons (Fsp3) is 0.682. The van der Waals surface area contributed by atoms with E-state index in [1.54, 1.807) is 13.8 Å². The number of hydrogen-bond acceptors (Lipinski definition) is 5. The van der Waals surface area contributed by atoms with Crippen LogP contribution >= 0.6 is 0 Å². The first-order valence-electron chi connectivity index (χ1n) is 10.8. The van der Waals surface area contributed by atoms with E-state index in [1.807, 2.05) is 19.1 Å². The van der Waals surface area contributed by atoms with Gasteiger partial charge < -0.3 is 10.1 Å². The molecule has 2 N–H and O–H groups in total. The third kappa shape index (κ3) is 7.34. The Morgan fingerprint density at radius 3 is 2.30 bits per heavy atom. The number of carbonyl (C=O) groups excluding carboxylic acids is 1. The van der Waals surface area contributed by atoms with Gasteiger partial charge in [-0.2, -0.15) is 0 Å². The van der Waals surface area contributed by atoms with Crippen molar-refractivity contribution in [2.75, 3.05) is 39.4 Å². The van der Waals surface area contributed by atoms with E-state index in [2.05, 4.69) is 28.8 Å². The summed E-state index contributed by atoms with van der Waals surface area (Å²) in [6.07, 6.45) is 1.11. The molecule has 1 aliphatic heterocycles. The molecule has 1 aliphatic rings. The standard InChI is InChI=1S/C22H37N3O4S/c1-16(2)12-20(25-8-10-29-11-9-25)15-23-21(26)6-7-24-30(27,28)22-18(4)13-17(3)14-19(22)5/h13-14,16,20,24H,6-12,15H2,1-5H3,(H,23,26). The molecular formula is C22H37N3O4S. The molecule has 30 heavy (non-hydrogen) atoms. The maximum atomic E-state index is 12.7. The van der Waals surface area contributed by atoms with Crippen LogP contribution in [0.2, 0.25) is 0 Å². The number of nitrogens with one attached hydrogen (secondary N) is 2. The van der Waals surface area contributed by atoms with E-state index in [9.17, 15) is 13.2 Å². The van der Waals surface area contributed by atoms with Gasteiger partial charge in [-0.15, -0.1) is 0 Å². The zero-order chi connectivity index (χ0) is 22.3. The number of hydrogen-bond donors (Lipinski definition) is 2. The molecule has 0 saturated carbocycles. The molecule has 0 spiro atoms. The molecule has 1 atom stereocenters. The van der Waals surface area contributed by atoms with E-state index < -0.39 is 10.0 Å². The van der Waals surface area contributed by atoms with E-state index in [-0.39, 0.29) is 24.9 Å². The summed E-state index contributed by atoms with van der Waals surface area (Å²) in [7, 11) is -3.65. The summed E-state index contributed by atoms with van der Waals surface area (Å²) in [6, 6.07) is 3.98. The lowest BCUT2D eigenvalue weighted by atomic mass is 10.0. The topological polar surface area (TPSA) is 87.7 Å². The van der Waals surface area contributed by atoms with Crippen molar-refractivity contribution in [3.63, 3.8) is 0 Å². The Morgan fingerprint density at radius 1 is 1.13 bits per heavy atom. The zero-order valence-corrected chi connectivity index (χ0v) is 19.8. The fourth-order valence-corrected chi connectivity index (χ4v) is 5.61. The van der Waals surface area contributed by atoms with Crippen LogP contribution in [0.5, 0.6) is 0 Å². The van der Waals surface area contributed by atoms with Crippen LogP contribution in [0.25, 0.3) is 0 Å².